The lowest BCUT2D eigenvalue weighted by atomic mass is 9.80. The van der Waals surface area contributed by atoms with Crippen molar-refractivity contribution in [3.05, 3.63) is 35.8 Å². The van der Waals surface area contributed by atoms with E-state index < -0.39 is 17.9 Å². The number of amides is 1. The van der Waals surface area contributed by atoms with Crippen molar-refractivity contribution < 1.29 is 25.0 Å². The molecule has 7 nitrogen and oxygen atoms in total. The molecule has 1 rings (SSSR count). The second-order valence-corrected chi connectivity index (χ2v) is 3.12. The summed E-state index contributed by atoms with van der Waals surface area (Å²) in [6, 6.07) is 3.52. The molecule has 0 heterocycles. The molecule has 0 aliphatic rings. The Hall–Kier alpha value is -2.19. The number of anilines is 1. The first kappa shape index (κ1) is 12.9. The zero-order valence-electron chi connectivity index (χ0n) is 8.70. The normalized spacial score (nSPS) is 9.53. The van der Waals surface area contributed by atoms with E-state index in [1.165, 1.54) is 6.07 Å². The van der Waals surface area contributed by atoms with Crippen LogP contribution in [0.15, 0.2) is 30.9 Å². The number of hydrogen-bond donors (Lipinski definition) is 4. The Labute approximate surface area is 96.7 Å². The third kappa shape index (κ3) is 3.13. The molecule has 0 saturated carbocycles. The van der Waals surface area contributed by atoms with Crippen molar-refractivity contribution in [1.29, 1.82) is 0 Å². The first-order chi connectivity index (χ1) is 7.95. The number of nitrogens with zero attached hydrogens (tertiary/aromatic N) is 1. The molecule has 0 spiro atoms. The molecule has 1 amide bonds. The molecule has 4 N–H and O–H groups in total. The molecule has 17 heavy (non-hydrogen) atoms. The highest BCUT2D eigenvalue weighted by Crippen LogP contribution is 2.21. The van der Waals surface area contributed by atoms with Gasteiger partial charge in [0.1, 0.15) is 5.69 Å². The molecular formula is C9H10BN2O5+. The summed E-state index contributed by atoms with van der Waals surface area (Å²) in [5.74, 6) is -0.599. The van der Waals surface area contributed by atoms with Gasteiger partial charge in [-0.15, -0.1) is 0 Å². The van der Waals surface area contributed by atoms with Crippen LogP contribution in [0, 0.1) is 4.91 Å². The molecule has 0 bridgehead atoms. The van der Waals surface area contributed by atoms with Crippen LogP contribution in [0.2, 0.25) is 0 Å². The van der Waals surface area contributed by atoms with Gasteiger partial charge in [0.15, 0.2) is 0 Å². The average Bonchev–Trinajstić information content (AvgIpc) is 2.28. The number of nitrogens with one attached hydrogen (secondary N) is 1. The summed E-state index contributed by atoms with van der Waals surface area (Å²) in [5, 5.41) is 28.9. The summed E-state index contributed by atoms with van der Waals surface area (Å²) < 4.78 is 0. The minimum atomic E-state index is -1.75. The topological polar surface area (TPSA) is 110 Å². The summed E-state index contributed by atoms with van der Waals surface area (Å²) in [7, 11) is -1.75. The lowest BCUT2D eigenvalue weighted by Gasteiger charge is -2.04. The van der Waals surface area contributed by atoms with E-state index in [4.69, 9.17) is 15.3 Å². The molecule has 1 aromatic carbocycles. The van der Waals surface area contributed by atoms with Gasteiger partial charge < -0.3 is 15.4 Å². The minimum Gasteiger partial charge on any atom is -0.423 e. The van der Waals surface area contributed by atoms with Gasteiger partial charge in [-0.3, -0.25) is 4.79 Å². The predicted octanol–water partition coefficient (Wildman–Crippen LogP) is -0.710. The largest absolute Gasteiger partial charge is 0.488 e. The Morgan fingerprint density at radius 3 is 2.59 bits per heavy atom. The van der Waals surface area contributed by atoms with E-state index in [1.54, 1.807) is 0 Å². The second-order valence-electron chi connectivity index (χ2n) is 3.12. The van der Waals surface area contributed by atoms with E-state index in [2.05, 4.69) is 11.9 Å². The van der Waals surface area contributed by atoms with E-state index in [0.29, 0.717) is 0 Å². The van der Waals surface area contributed by atoms with Crippen LogP contribution in [-0.4, -0.2) is 33.2 Å². The monoisotopic (exact) mass is 237 g/mol. The van der Waals surface area contributed by atoms with Crippen molar-refractivity contribution in [3.63, 3.8) is 0 Å². The fourth-order valence-electron chi connectivity index (χ4n) is 1.16. The molecule has 0 aliphatic carbocycles. The third-order valence-corrected chi connectivity index (χ3v) is 1.97. The summed E-state index contributed by atoms with van der Waals surface area (Å²) in [6.45, 7) is 3.22. The Morgan fingerprint density at radius 1 is 1.47 bits per heavy atom. The van der Waals surface area contributed by atoms with Gasteiger partial charge in [-0.1, -0.05) is 12.6 Å². The lowest BCUT2D eigenvalue weighted by Crippen LogP contribution is -2.30. The predicted molar refractivity (Wildman–Crippen MR) is 60.2 cm³/mol. The quantitative estimate of drug-likeness (QED) is 0.314. The lowest BCUT2D eigenvalue weighted by molar-refractivity contribution is -0.729. The van der Waals surface area contributed by atoms with Crippen molar-refractivity contribution in [1.82, 2.24) is 0 Å². The fourth-order valence-corrected chi connectivity index (χ4v) is 1.16. The van der Waals surface area contributed by atoms with Crippen LogP contribution in [0.25, 0.3) is 0 Å². The highest BCUT2D eigenvalue weighted by atomic mass is 16.6. The highest BCUT2D eigenvalue weighted by molar-refractivity contribution is 6.58. The van der Waals surface area contributed by atoms with Crippen LogP contribution in [0.5, 0.6) is 0 Å². The SMILES string of the molecule is C=CC(=O)Nc1cc(B(O)O)ccc1[N+](=O)O. The van der Waals surface area contributed by atoms with E-state index in [9.17, 15) is 9.70 Å². The van der Waals surface area contributed by atoms with Gasteiger partial charge in [0, 0.05) is 6.07 Å². The van der Waals surface area contributed by atoms with Crippen molar-refractivity contribution in [2.24, 2.45) is 0 Å². The number of benzene rings is 1. The molecule has 8 heteroatoms. The van der Waals surface area contributed by atoms with Gasteiger partial charge >= 0.3 is 12.8 Å². The number of hydrogen-bond acceptors (Lipinski definition) is 4. The molecule has 0 unspecified atom stereocenters. The van der Waals surface area contributed by atoms with Crippen LogP contribution < -0.4 is 10.8 Å². The number of rotatable bonds is 4. The Balaban J connectivity index is 3.20. The van der Waals surface area contributed by atoms with Gasteiger partial charge in [0.25, 0.3) is 4.92 Å². The van der Waals surface area contributed by atoms with Crippen LogP contribution >= 0.6 is 0 Å². The molecule has 0 aliphatic heterocycles. The summed E-state index contributed by atoms with van der Waals surface area (Å²) in [5.41, 5.74) is -0.224. The zero-order valence-corrected chi connectivity index (χ0v) is 8.70. The van der Waals surface area contributed by atoms with Gasteiger partial charge in [-0.2, -0.15) is 0 Å². The maximum absolute atomic E-state index is 11.1. The van der Waals surface area contributed by atoms with Crippen LogP contribution in [-0.2, 0) is 4.79 Å². The van der Waals surface area contributed by atoms with E-state index in [0.717, 1.165) is 18.2 Å². The Morgan fingerprint density at radius 2 is 2.12 bits per heavy atom. The molecular weight excluding hydrogens is 227 g/mol. The van der Waals surface area contributed by atoms with Gasteiger partial charge in [0.05, 0.1) is 4.91 Å². The number of carbonyl (C=O) groups is 1. The first-order valence-electron chi connectivity index (χ1n) is 4.55. The minimum absolute atomic E-state index is 0.0574. The maximum atomic E-state index is 11.1. The molecule has 0 aromatic heterocycles. The smallest absolute Gasteiger partial charge is 0.423 e. The summed E-state index contributed by atoms with van der Waals surface area (Å²) >= 11 is 0. The highest BCUT2D eigenvalue weighted by Gasteiger charge is 2.22. The van der Waals surface area contributed by atoms with Crippen molar-refractivity contribution >= 4 is 29.9 Å². The van der Waals surface area contributed by atoms with Crippen molar-refractivity contribution in [3.8, 4) is 0 Å². The van der Waals surface area contributed by atoms with Gasteiger partial charge in [-0.25, -0.2) is 5.21 Å². The van der Waals surface area contributed by atoms with Crippen molar-refractivity contribution in [2.75, 3.05) is 5.32 Å². The van der Waals surface area contributed by atoms with Gasteiger partial charge in [-0.05, 0) is 17.6 Å². The standard InChI is InChI=1S/C9H9BN2O5/c1-2-9(13)11-7-5-6(10(14)15)3-4-8(7)12(16)17/h2-5,14-15H,1H2,(H-,11,13,16,17)/p+1. The van der Waals surface area contributed by atoms with Crippen LogP contribution in [0.4, 0.5) is 11.4 Å². The Bertz CT molecular complexity index is 474. The average molecular weight is 237 g/mol. The molecule has 88 valence electrons. The summed E-state index contributed by atoms with van der Waals surface area (Å²) in [4.78, 5) is 21.4. The molecule has 0 radical (unpaired) electrons. The van der Waals surface area contributed by atoms with E-state index in [-0.39, 0.29) is 16.8 Å². The molecule has 0 atom stereocenters. The van der Waals surface area contributed by atoms with Crippen LogP contribution in [0.3, 0.4) is 0 Å². The van der Waals surface area contributed by atoms with E-state index in [1.807, 2.05) is 0 Å². The maximum Gasteiger partial charge on any atom is 0.488 e. The van der Waals surface area contributed by atoms with E-state index >= 15 is 0 Å². The van der Waals surface area contributed by atoms with Crippen LogP contribution in [0.1, 0.15) is 0 Å². The zero-order chi connectivity index (χ0) is 13.0. The second kappa shape index (κ2) is 5.24. The van der Waals surface area contributed by atoms with Gasteiger partial charge in [0.2, 0.25) is 5.91 Å². The first-order valence-corrected chi connectivity index (χ1v) is 4.55. The number of carbonyl (C=O) groups excluding carboxylic acids is 1. The fraction of sp³-hybridized carbons (Fsp3) is 0. The third-order valence-electron chi connectivity index (χ3n) is 1.97. The van der Waals surface area contributed by atoms with Crippen molar-refractivity contribution in [2.45, 2.75) is 0 Å². The molecule has 0 saturated heterocycles. The molecule has 0 fully saturated rings. The Kier molecular flexibility index (Phi) is 3.97. The molecule has 1 aromatic rings. The summed E-state index contributed by atoms with van der Waals surface area (Å²) in [6.07, 6.45) is 0.971.